The summed E-state index contributed by atoms with van der Waals surface area (Å²) in [4.78, 5) is 0. The number of benzene rings is 1. The molecule has 0 aliphatic heterocycles. The Bertz CT molecular complexity index is 468. The Kier molecular flexibility index (Phi) is 5.82. The van der Waals surface area contributed by atoms with Crippen molar-refractivity contribution >= 4 is 13.3 Å². The van der Waals surface area contributed by atoms with Crippen LogP contribution in [0.2, 0.25) is 0 Å². The lowest BCUT2D eigenvalue weighted by Crippen LogP contribution is -2.40. The van der Waals surface area contributed by atoms with Crippen LogP contribution in [0, 0.1) is 5.92 Å². The second-order valence-corrected chi connectivity index (χ2v) is 7.74. The highest BCUT2D eigenvalue weighted by Crippen LogP contribution is 2.57. The molecule has 1 aliphatic carbocycles. The van der Waals surface area contributed by atoms with Gasteiger partial charge in [0, 0.05) is 14.2 Å². The Balaban J connectivity index is 2.33. The molecule has 1 N–H and O–H groups in total. The molecule has 0 saturated heterocycles. The molecule has 0 heterocycles. The normalized spacial score (nSPS) is 18.4. The second-order valence-electron chi connectivity index (χ2n) is 5.40. The van der Waals surface area contributed by atoms with E-state index in [-0.39, 0.29) is 5.92 Å². The van der Waals surface area contributed by atoms with E-state index in [1.54, 1.807) is 12.1 Å². The minimum atomic E-state index is -3.41. The number of rotatable bonds is 6. The Morgan fingerprint density at radius 3 is 2.24 bits per heavy atom. The standard InChI is InChI=1S/C15H24NO4P/c1-19-21(18,20-2)15(13-9-5-3-6-10-13)16(17)14-11-7-4-8-12-14/h4,7-8,11-13,15,17H,3,5-6,9-10H2,1-2H3. The van der Waals surface area contributed by atoms with Gasteiger partial charge in [-0.25, -0.2) is 5.06 Å². The summed E-state index contributed by atoms with van der Waals surface area (Å²) in [6, 6.07) is 9.11. The van der Waals surface area contributed by atoms with Crippen molar-refractivity contribution in [2.75, 3.05) is 19.3 Å². The third-order valence-corrected chi connectivity index (χ3v) is 6.48. The maximum Gasteiger partial charge on any atom is 0.355 e. The largest absolute Gasteiger partial charge is 0.355 e. The number of anilines is 1. The fraction of sp³-hybridized carbons (Fsp3) is 0.600. The maximum absolute atomic E-state index is 12.9. The van der Waals surface area contributed by atoms with Crippen LogP contribution in [-0.4, -0.2) is 25.2 Å². The van der Waals surface area contributed by atoms with Crippen molar-refractivity contribution in [2.45, 2.75) is 37.9 Å². The van der Waals surface area contributed by atoms with E-state index >= 15 is 0 Å². The Hall–Kier alpha value is -0.870. The molecular formula is C15H24NO4P. The first-order valence-corrected chi connectivity index (χ1v) is 8.98. The third kappa shape index (κ3) is 3.67. The van der Waals surface area contributed by atoms with E-state index in [0.717, 1.165) is 30.7 Å². The summed E-state index contributed by atoms with van der Waals surface area (Å²) in [5, 5.41) is 11.7. The fourth-order valence-corrected chi connectivity index (χ4v) is 4.84. The summed E-state index contributed by atoms with van der Waals surface area (Å²) in [5.41, 5.74) is 0.599. The highest BCUT2D eigenvalue weighted by molar-refractivity contribution is 7.54. The van der Waals surface area contributed by atoms with Gasteiger partial charge < -0.3 is 9.05 Å². The Labute approximate surface area is 126 Å². The van der Waals surface area contributed by atoms with Crippen molar-refractivity contribution in [1.29, 1.82) is 0 Å². The zero-order valence-electron chi connectivity index (χ0n) is 12.6. The molecule has 1 saturated carbocycles. The number of nitrogens with zero attached hydrogens (tertiary/aromatic N) is 1. The molecule has 0 spiro atoms. The smallest absolute Gasteiger partial charge is 0.310 e. The second kappa shape index (κ2) is 7.41. The first kappa shape index (κ1) is 16.5. The minimum Gasteiger partial charge on any atom is -0.310 e. The van der Waals surface area contributed by atoms with Crippen molar-refractivity contribution in [1.82, 2.24) is 0 Å². The van der Waals surface area contributed by atoms with Crippen molar-refractivity contribution < 1.29 is 18.8 Å². The molecule has 1 aromatic rings. The number of para-hydroxylation sites is 1. The van der Waals surface area contributed by atoms with E-state index in [2.05, 4.69) is 0 Å². The van der Waals surface area contributed by atoms with Crippen LogP contribution >= 0.6 is 7.60 Å². The van der Waals surface area contributed by atoms with Crippen LogP contribution in [0.25, 0.3) is 0 Å². The molecule has 0 amide bonds. The van der Waals surface area contributed by atoms with Gasteiger partial charge in [-0.2, -0.15) is 0 Å². The van der Waals surface area contributed by atoms with Gasteiger partial charge in [0.05, 0.1) is 5.69 Å². The molecule has 21 heavy (non-hydrogen) atoms. The lowest BCUT2D eigenvalue weighted by atomic mass is 9.89. The van der Waals surface area contributed by atoms with Crippen molar-refractivity contribution in [3.63, 3.8) is 0 Å². The van der Waals surface area contributed by atoms with Crippen LogP contribution in [-0.2, 0) is 13.6 Å². The summed E-state index contributed by atoms with van der Waals surface area (Å²) in [6.07, 6.45) is 5.19. The minimum absolute atomic E-state index is 0.0923. The van der Waals surface area contributed by atoms with E-state index in [4.69, 9.17) is 9.05 Å². The van der Waals surface area contributed by atoms with E-state index in [1.165, 1.54) is 20.6 Å². The summed E-state index contributed by atoms with van der Waals surface area (Å²) in [7, 11) is -0.658. The van der Waals surface area contributed by atoms with Crippen molar-refractivity contribution in [3.05, 3.63) is 30.3 Å². The van der Waals surface area contributed by atoms with Gasteiger partial charge in [0.15, 0.2) is 5.78 Å². The van der Waals surface area contributed by atoms with Gasteiger partial charge in [-0.3, -0.25) is 9.77 Å². The van der Waals surface area contributed by atoms with E-state index < -0.39 is 13.4 Å². The van der Waals surface area contributed by atoms with Crippen molar-refractivity contribution in [3.8, 4) is 0 Å². The third-order valence-electron chi connectivity index (χ3n) is 4.18. The summed E-state index contributed by atoms with van der Waals surface area (Å²) in [6.45, 7) is 0. The summed E-state index contributed by atoms with van der Waals surface area (Å²) >= 11 is 0. The van der Waals surface area contributed by atoms with Crippen LogP contribution < -0.4 is 5.06 Å². The Morgan fingerprint density at radius 1 is 1.14 bits per heavy atom. The molecule has 1 aromatic carbocycles. The maximum atomic E-state index is 12.9. The highest BCUT2D eigenvalue weighted by atomic mass is 31.2. The zero-order chi connectivity index (χ0) is 15.3. The van der Waals surface area contributed by atoms with Crippen LogP contribution in [0.4, 0.5) is 5.69 Å². The average Bonchev–Trinajstić information content (AvgIpc) is 2.56. The van der Waals surface area contributed by atoms with Gasteiger partial charge in [-0.1, -0.05) is 37.5 Å². The molecule has 6 heteroatoms. The molecule has 1 unspecified atom stereocenters. The predicted molar refractivity (Wildman–Crippen MR) is 82.7 cm³/mol. The van der Waals surface area contributed by atoms with Gasteiger partial charge in [-0.05, 0) is 30.9 Å². The fourth-order valence-electron chi connectivity index (χ4n) is 3.05. The van der Waals surface area contributed by atoms with Gasteiger partial charge >= 0.3 is 7.60 Å². The first-order chi connectivity index (χ1) is 10.1. The highest BCUT2D eigenvalue weighted by Gasteiger charge is 2.44. The van der Waals surface area contributed by atoms with Gasteiger partial charge in [-0.15, -0.1) is 0 Å². The predicted octanol–water partition coefficient (Wildman–Crippen LogP) is 4.27. The molecule has 1 atom stereocenters. The lowest BCUT2D eigenvalue weighted by Gasteiger charge is -2.38. The average molecular weight is 313 g/mol. The van der Waals surface area contributed by atoms with E-state index in [9.17, 15) is 9.77 Å². The summed E-state index contributed by atoms with van der Waals surface area (Å²) < 4.78 is 23.3. The van der Waals surface area contributed by atoms with Crippen LogP contribution in [0.1, 0.15) is 32.1 Å². The zero-order valence-corrected chi connectivity index (χ0v) is 13.5. The molecule has 1 fully saturated rings. The molecule has 1 aliphatic rings. The summed E-state index contributed by atoms with van der Waals surface area (Å²) in [5.74, 6) is -0.579. The van der Waals surface area contributed by atoms with Crippen LogP contribution in [0.3, 0.4) is 0 Å². The monoisotopic (exact) mass is 313 g/mol. The van der Waals surface area contributed by atoms with E-state index in [0.29, 0.717) is 5.69 Å². The SMILES string of the molecule is COP(=O)(OC)C(C1CCCCC1)N(O)c1ccccc1. The van der Waals surface area contributed by atoms with Crippen molar-refractivity contribution in [2.24, 2.45) is 5.92 Å². The first-order valence-electron chi connectivity index (χ1n) is 7.36. The molecule has 0 radical (unpaired) electrons. The number of hydroxylamine groups is 1. The molecule has 118 valence electrons. The van der Waals surface area contributed by atoms with E-state index in [1.807, 2.05) is 18.2 Å². The molecule has 2 rings (SSSR count). The number of hydrogen-bond donors (Lipinski definition) is 1. The number of hydrogen-bond acceptors (Lipinski definition) is 5. The van der Waals surface area contributed by atoms with Gasteiger partial charge in [0.1, 0.15) is 0 Å². The van der Waals surface area contributed by atoms with Gasteiger partial charge in [0.25, 0.3) is 0 Å². The van der Waals surface area contributed by atoms with Crippen LogP contribution in [0.15, 0.2) is 30.3 Å². The molecule has 0 bridgehead atoms. The Morgan fingerprint density at radius 2 is 1.71 bits per heavy atom. The molecular weight excluding hydrogens is 289 g/mol. The van der Waals surface area contributed by atoms with Crippen LogP contribution in [0.5, 0.6) is 0 Å². The molecule has 5 nitrogen and oxygen atoms in total. The lowest BCUT2D eigenvalue weighted by molar-refractivity contribution is 0.162. The van der Waals surface area contributed by atoms with Gasteiger partial charge in [0.2, 0.25) is 0 Å². The quantitative estimate of drug-likeness (QED) is 0.627. The topological polar surface area (TPSA) is 59.0 Å². The molecule has 0 aromatic heterocycles.